The third-order valence-corrected chi connectivity index (χ3v) is 3.88. The average Bonchev–Trinajstić information content (AvgIpc) is 2.73. The molecule has 1 saturated heterocycles. The van der Waals surface area contributed by atoms with Gasteiger partial charge in [-0.1, -0.05) is 13.8 Å². The van der Waals surface area contributed by atoms with Crippen molar-refractivity contribution in [2.24, 2.45) is 11.7 Å². The lowest BCUT2D eigenvalue weighted by Crippen LogP contribution is -2.51. The molecule has 1 aliphatic heterocycles. The van der Waals surface area contributed by atoms with E-state index in [1.54, 1.807) is 0 Å². The zero-order valence-corrected chi connectivity index (χ0v) is 12.5. The topological polar surface area (TPSA) is 75.4 Å². The summed E-state index contributed by atoms with van der Waals surface area (Å²) in [5, 5.41) is 2.92. The first-order valence-corrected chi connectivity index (χ1v) is 7.16. The molecule has 0 bridgehead atoms. The van der Waals surface area contributed by atoms with Gasteiger partial charge in [0.05, 0.1) is 5.92 Å². The maximum absolute atomic E-state index is 12.2. The van der Waals surface area contributed by atoms with Crippen LogP contribution in [0.2, 0.25) is 0 Å². The van der Waals surface area contributed by atoms with Gasteiger partial charge in [0, 0.05) is 31.1 Å². The second kappa shape index (κ2) is 6.37. The van der Waals surface area contributed by atoms with Crippen LogP contribution in [0.25, 0.3) is 0 Å². The van der Waals surface area contributed by atoms with Crippen molar-refractivity contribution in [1.29, 1.82) is 0 Å². The Balaban J connectivity index is 2.64. The molecule has 5 heteroatoms. The first kappa shape index (κ1) is 16.0. The molecule has 0 aliphatic carbocycles. The molecule has 1 rings (SSSR count). The van der Waals surface area contributed by atoms with E-state index < -0.39 is 5.54 Å². The summed E-state index contributed by atoms with van der Waals surface area (Å²) in [4.78, 5) is 26.0. The van der Waals surface area contributed by atoms with E-state index in [0.29, 0.717) is 19.5 Å². The molecule has 19 heavy (non-hydrogen) atoms. The maximum atomic E-state index is 12.2. The number of amides is 2. The molecular formula is C14H27N3O2. The summed E-state index contributed by atoms with van der Waals surface area (Å²) in [5.41, 5.74) is 5.19. The fourth-order valence-electron chi connectivity index (χ4n) is 2.48. The van der Waals surface area contributed by atoms with E-state index in [9.17, 15) is 9.59 Å². The molecule has 0 aromatic rings. The molecule has 2 amide bonds. The summed E-state index contributed by atoms with van der Waals surface area (Å²) in [6.45, 7) is 8.85. The summed E-state index contributed by atoms with van der Waals surface area (Å²) in [6.07, 6.45) is 2.19. The quantitative estimate of drug-likeness (QED) is 0.751. The van der Waals surface area contributed by atoms with Gasteiger partial charge in [-0.05, 0) is 26.7 Å². The Kier molecular flexibility index (Phi) is 5.35. The highest BCUT2D eigenvalue weighted by atomic mass is 16.2. The van der Waals surface area contributed by atoms with Gasteiger partial charge in [-0.15, -0.1) is 0 Å². The van der Waals surface area contributed by atoms with E-state index >= 15 is 0 Å². The van der Waals surface area contributed by atoms with Gasteiger partial charge in [-0.25, -0.2) is 0 Å². The fourth-order valence-corrected chi connectivity index (χ4v) is 2.48. The molecule has 1 heterocycles. The number of carbonyl (C=O) groups excluding carboxylic acids is 2. The highest BCUT2D eigenvalue weighted by Gasteiger charge is 2.37. The second-order valence-electron chi connectivity index (χ2n) is 5.99. The van der Waals surface area contributed by atoms with Gasteiger partial charge < -0.3 is 16.0 Å². The Morgan fingerprint density at radius 3 is 2.53 bits per heavy atom. The Morgan fingerprint density at radius 2 is 2.05 bits per heavy atom. The lowest BCUT2D eigenvalue weighted by Gasteiger charge is -2.28. The molecule has 0 spiro atoms. The Bertz CT molecular complexity index is 338. The van der Waals surface area contributed by atoms with Gasteiger partial charge in [-0.3, -0.25) is 9.59 Å². The molecule has 0 saturated carbocycles. The number of rotatable bonds is 6. The number of nitrogens with two attached hydrogens (primary N) is 1. The van der Waals surface area contributed by atoms with Gasteiger partial charge in [0.25, 0.3) is 0 Å². The monoisotopic (exact) mass is 269 g/mol. The number of nitrogens with zero attached hydrogens (tertiary/aromatic N) is 1. The molecule has 1 atom stereocenters. The van der Waals surface area contributed by atoms with Crippen molar-refractivity contribution >= 4 is 11.8 Å². The van der Waals surface area contributed by atoms with Crippen molar-refractivity contribution in [3.05, 3.63) is 0 Å². The highest BCUT2D eigenvalue weighted by Crippen LogP contribution is 2.23. The minimum absolute atomic E-state index is 0.0581. The van der Waals surface area contributed by atoms with Crippen molar-refractivity contribution in [3.8, 4) is 0 Å². The highest BCUT2D eigenvalue weighted by molar-refractivity contribution is 5.89. The van der Waals surface area contributed by atoms with Crippen LogP contribution in [0.3, 0.4) is 0 Å². The normalized spacial score (nSPS) is 20.2. The van der Waals surface area contributed by atoms with E-state index in [1.807, 2.05) is 18.7 Å². The van der Waals surface area contributed by atoms with Crippen molar-refractivity contribution in [2.75, 3.05) is 13.1 Å². The lowest BCUT2D eigenvalue weighted by atomic mass is 10.0. The minimum Gasteiger partial charge on any atom is -0.350 e. The molecule has 110 valence electrons. The van der Waals surface area contributed by atoms with Gasteiger partial charge in [0.1, 0.15) is 0 Å². The summed E-state index contributed by atoms with van der Waals surface area (Å²) in [6, 6.07) is 0.257. The van der Waals surface area contributed by atoms with Crippen molar-refractivity contribution in [1.82, 2.24) is 10.2 Å². The molecular weight excluding hydrogens is 242 g/mol. The van der Waals surface area contributed by atoms with Crippen LogP contribution in [0.4, 0.5) is 0 Å². The Morgan fingerprint density at radius 1 is 1.47 bits per heavy atom. The molecule has 0 radical (unpaired) electrons. The van der Waals surface area contributed by atoms with E-state index in [-0.39, 0.29) is 23.8 Å². The SMILES string of the molecule is CCC(CC)N1CC(C(=O)NC(C)(C)CN)CC1=O. The predicted molar refractivity (Wildman–Crippen MR) is 75.5 cm³/mol. The zero-order chi connectivity index (χ0) is 14.6. The largest absolute Gasteiger partial charge is 0.350 e. The summed E-state index contributed by atoms with van der Waals surface area (Å²) < 4.78 is 0. The standard InChI is InChI=1S/C14H27N3O2/c1-5-11(6-2)17-8-10(7-12(17)18)13(19)16-14(3,4)9-15/h10-11H,5-9,15H2,1-4H3,(H,16,19). The first-order valence-electron chi connectivity index (χ1n) is 7.16. The van der Waals surface area contributed by atoms with Crippen LogP contribution in [0.5, 0.6) is 0 Å². The maximum Gasteiger partial charge on any atom is 0.225 e. The predicted octanol–water partition coefficient (Wildman–Crippen LogP) is 0.877. The lowest BCUT2D eigenvalue weighted by molar-refractivity contribution is -0.130. The van der Waals surface area contributed by atoms with E-state index in [4.69, 9.17) is 5.73 Å². The van der Waals surface area contributed by atoms with Gasteiger partial charge in [0.15, 0.2) is 0 Å². The van der Waals surface area contributed by atoms with Crippen LogP contribution in [0.1, 0.15) is 47.0 Å². The van der Waals surface area contributed by atoms with E-state index in [2.05, 4.69) is 19.2 Å². The van der Waals surface area contributed by atoms with Crippen LogP contribution < -0.4 is 11.1 Å². The molecule has 5 nitrogen and oxygen atoms in total. The van der Waals surface area contributed by atoms with Crippen LogP contribution in [0, 0.1) is 5.92 Å². The van der Waals surface area contributed by atoms with Crippen LogP contribution in [0.15, 0.2) is 0 Å². The molecule has 1 fully saturated rings. The second-order valence-corrected chi connectivity index (χ2v) is 5.99. The van der Waals surface area contributed by atoms with Crippen LogP contribution in [-0.2, 0) is 9.59 Å². The molecule has 0 aromatic carbocycles. The Hall–Kier alpha value is -1.10. The third-order valence-electron chi connectivity index (χ3n) is 3.88. The Labute approximate surface area is 115 Å². The summed E-state index contributed by atoms with van der Waals surface area (Å²) in [7, 11) is 0. The van der Waals surface area contributed by atoms with Crippen molar-refractivity contribution < 1.29 is 9.59 Å². The first-order chi connectivity index (χ1) is 8.84. The molecule has 0 aromatic heterocycles. The zero-order valence-electron chi connectivity index (χ0n) is 12.5. The van der Waals surface area contributed by atoms with Gasteiger partial charge in [-0.2, -0.15) is 0 Å². The van der Waals surface area contributed by atoms with Crippen molar-refractivity contribution in [3.63, 3.8) is 0 Å². The average molecular weight is 269 g/mol. The minimum atomic E-state index is -0.414. The molecule has 1 aliphatic rings. The van der Waals surface area contributed by atoms with Gasteiger partial charge >= 0.3 is 0 Å². The molecule has 3 N–H and O–H groups in total. The van der Waals surface area contributed by atoms with Crippen LogP contribution in [-0.4, -0.2) is 41.4 Å². The molecule has 1 unspecified atom stereocenters. The number of hydrogen-bond donors (Lipinski definition) is 2. The van der Waals surface area contributed by atoms with Gasteiger partial charge in [0.2, 0.25) is 11.8 Å². The van der Waals surface area contributed by atoms with E-state index in [0.717, 1.165) is 12.8 Å². The summed E-state index contributed by atoms with van der Waals surface area (Å²) in [5.74, 6) is -0.199. The smallest absolute Gasteiger partial charge is 0.225 e. The number of likely N-dealkylation sites (tertiary alicyclic amines) is 1. The summed E-state index contributed by atoms with van der Waals surface area (Å²) >= 11 is 0. The van der Waals surface area contributed by atoms with Crippen LogP contribution >= 0.6 is 0 Å². The number of carbonyl (C=O) groups is 2. The fraction of sp³-hybridized carbons (Fsp3) is 0.857. The van der Waals surface area contributed by atoms with E-state index in [1.165, 1.54) is 0 Å². The number of hydrogen-bond acceptors (Lipinski definition) is 3. The third kappa shape index (κ3) is 3.93. The van der Waals surface area contributed by atoms with Crippen molar-refractivity contribution in [2.45, 2.75) is 58.5 Å². The number of nitrogens with one attached hydrogen (secondary N) is 1.